The topological polar surface area (TPSA) is 63.6 Å². The number of alkyl carbamates (subject to hydrolysis) is 1. The van der Waals surface area contributed by atoms with Gasteiger partial charge in [0.2, 0.25) is 0 Å². The summed E-state index contributed by atoms with van der Waals surface area (Å²) in [5.41, 5.74) is 2.37. The molecule has 1 N–H and O–H groups in total. The minimum atomic E-state index is -0.665. The van der Waals surface area contributed by atoms with Crippen molar-refractivity contribution in [1.82, 2.24) is 14.8 Å². The second-order valence-electron chi connectivity index (χ2n) is 9.61. The molecule has 0 saturated heterocycles. The molecule has 33 heavy (non-hydrogen) atoms. The molecule has 0 spiro atoms. The second kappa shape index (κ2) is 9.00. The lowest BCUT2D eigenvalue weighted by atomic mass is 9.98. The SMILES string of the molecule is CC(C)(C)OC(=O)NC/C(=C\F)Cn1cc2c(c1-c1cccc(F)c1)CCN(C1CC1)C2=O. The Balaban J connectivity index is 1.62. The summed E-state index contributed by atoms with van der Waals surface area (Å²) < 4.78 is 34.8. The van der Waals surface area contributed by atoms with E-state index in [1.165, 1.54) is 12.1 Å². The molecular weight excluding hydrogens is 428 g/mol. The second-order valence-corrected chi connectivity index (χ2v) is 9.61. The van der Waals surface area contributed by atoms with E-state index in [9.17, 15) is 18.4 Å². The number of halogens is 2. The van der Waals surface area contributed by atoms with Gasteiger partial charge in [-0.25, -0.2) is 13.6 Å². The van der Waals surface area contributed by atoms with E-state index in [4.69, 9.17) is 4.74 Å². The number of benzene rings is 1. The van der Waals surface area contributed by atoms with Crippen molar-refractivity contribution in [2.45, 2.75) is 58.2 Å². The fraction of sp³-hybridized carbons (Fsp3) is 0.440. The van der Waals surface area contributed by atoms with E-state index in [1.54, 1.807) is 43.7 Å². The van der Waals surface area contributed by atoms with Crippen LogP contribution < -0.4 is 5.32 Å². The Morgan fingerprint density at radius 2 is 2.06 bits per heavy atom. The third-order valence-corrected chi connectivity index (χ3v) is 5.75. The molecule has 1 aliphatic carbocycles. The molecule has 8 heteroatoms. The van der Waals surface area contributed by atoms with Crippen LogP contribution in [0.4, 0.5) is 13.6 Å². The standard InChI is InChI=1S/C25H29F2N3O3/c1-25(2,3)33-24(32)28-13-16(12-26)14-29-15-21-20(9-10-30(23(21)31)19-7-8-19)22(29)17-5-4-6-18(27)11-17/h4-6,11-12,15,19H,7-10,13-14H2,1-3H3,(H,28,32)/b16-12+. The van der Waals surface area contributed by atoms with Gasteiger partial charge in [0, 0.05) is 37.4 Å². The highest BCUT2D eigenvalue weighted by atomic mass is 19.1. The number of amides is 2. The maximum Gasteiger partial charge on any atom is 0.407 e. The van der Waals surface area contributed by atoms with Gasteiger partial charge in [-0.15, -0.1) is 0 Å². The largest absolute Gasteiger partial charge is 0.444 e. The number of carbonyl (C=O) groups excluding carboxylic acids is 2. The lowest BCUT2D eigenvalue weighted by Crippen LogP contribution is -2.38. The van der Waals surface area contributed by atoms with Crippen LogP contribution >= 0.6 is 0 Å². The molecule has 1 aromatic heterocycles. The van der Waals surface area contributed by atoms with Gasteiger partial charge in [0.05, 0.1) is 17.6 Å². The molecule has 1 aliphatic heterocycles. The quantitative estimate of drug-likeness (QED) is 0.676. The first-order valence-corrected chi connectivity index (χ1v) is 11.2. The van der Waals surface area contributed by atoms with E-state index in [0.717, 1.165) is 18.4 Å². The van der Waals surface area contributed by atoms with Gasteiger partial charge >= 0.3 is 6.09 Å². The van der Waals surface area contributed by atoms with E-state index in [-0.39, 0.29) is 30.4 Å². The van der Waals surface area contributed by atoms with Gasteiger partial charge in [-0.3, -0.25) is 4.79 Å². The first kappa shape index (κ1) is 23.0. The number of aromatic nitrogens is 1. The summed E-state index contributed by atoms with van der Waals surface area (Å²) >= 11 is 0. The third-order valence-electron chi connectivity index (χ3n) is 5.75. The Morgan fingerprint density at radius 1 is 1.30 bits per heavy atom. The number of hydrogen-bond acceptors (Lipinski definition) is 3. The fourth-order valence-corrected chi connectivity index (χ4v) is 4.21. The zero-order valence-electron chi connectivity index (χ0n) is 19.2. The van der Waals surface area contributed by atoms with Crippen LogP contribution in [0.2, 0.25) is 0 Å². The van der Waals surface area contributed by atoms with E-state index in [0.29, 0.717) is 42.2 Å². The van der Waals surface area contributed by atoms with Crippen LogP contribution in [0, 0.1) is 5.82 Å². The maximum atomic E-state index is 14.0. The van der Waals surface area contributed by atoms with E-state index >= 15 is 0 Å². The van der Waals surface area contributed by atoms with Crippen LogP contribution in [0.3, 0.4) is 0 Å². The summed E-state index contributed by atoms with van der Waals surface area (Å²) in [6.45, 7) is 5.90. The van der Waals surface area contributed by atoms with Crippen molar-refractivity contribution in [3.05, 3.63) is 59.3 Å². The summed E-state index contributed by atoms with van der Waals surface area (Å²) in [6, 6.07) is 6.48. The Morgan fingerprint density at radius 3 is 2.70 bits per heavy atom. The smallest absolute Gasteiger partial charge is 0.407 e. The molecule has 1 saturated carbocycles. The van der Waals surface area contributed by atoms with Crippen LogP contribution in [0.15, 0.2) is 42.4 Å². The van der Waals surface area contributed by atoms with Gasteiger partial charge in [0.1, 0.15) is 11.4 Å². The Hall–Kier alpha value is -3.16. The lowest BCUT2D eigenvalue weighted by Gasteiger charge is -2.27. The number of hydrogen-bond donors (Lipinski definition) is 1. The number of nitrogens with one attached hydrogen (secondary N) is 1. The van der Waals surface area contributed by atoms with Gasteiger partial charge in [-0.05, 0) is 63.3 Å². The molecule has 1 fully saturated rings. The average molecular weight is 458 g/mol. The average Bonchev–Trinajstić information content (AvgIpc) is 3.50. The first-order valence-electron chi connectivity index (χ1n) is 11.2. The molecule has 4 rings (SSSR count). The zero-order valence-corrected chi connectivity index (χ0v) is 19.2. The van der Waals surface area contributed by atoms with E-state index in [1.807, 2.05) is 4.90 Å². The summed E-state index contributed by atoms with van der Waals surface area (Å²) in [7, 11) is 0. The van der Waals surface area contributed by atoms with Crippen molar-refractivity contribution in [3.63, 3.8) is 0 Å². The Kier molecular flexibility index (Phi) is 6.28. The summed E-state index contributed by atoms with van der Waals surface area (Å²) in [6.07, 6.45) is 4.22. The van der Waals surface area contributed by atoms with Crippen molar-refractivity contribution in [3.8, 4) is 11.3 Å². The number of ether oxygens (including phenoxy) is 1. The van der Waals surface area contributed by atoms with Crippen LogP contribution in [-0.2, 0) is 17.7 Å². The van der Waals surface area contributed by atoms with Crippen molar-refractivity contribution in [2.24, 2.45) is 0 Å². The highest BCUT2D eigenvalue weighted by Gasteiger charge is 2.38. The third kappa shape index (κ3) is 5.26. The van der Waals surface area contributed by atoms with Crippen molar-refractivity contribution < 1.29 is 23.1 Å². The maximum absolute atomic E-state index is 14.0. The summed E-state index contributed by atoms with van der Waals surface area (Å²) in [4.78, 5) is 27.0. The Labute approximate surface area is 192 Å². The van der Waals surface area contributed by atoms with Gasteiger partial charge in [-0.1, -0.05) is 12.1 Å². The predicted octanol–water partition coefficient (Wildman–Crippen LogP) is 4.83. The van der Waals surface area contributed by atoms with Crippen molar-refractivity contribution in [1.29, 1.82) is 0 Å². The highest BCUT2D eigenvalue weighted by Crippen LogP contribution is 2.37. The van der Waals surface area contributed by atoms with Gasteiger partial charge < -0.3 is 19.5 Å². The summed E-state index contributed by atoms with van der Waals surface area (Å²) in [5.74, 6) is -0.420. The van der Waals surface area contributed by atoms with Crippen LogP contribution in [-0.4, -0.2) is 46.2 Å². The van der Waals surface area contributed by atoms with Gasteiger partial charge in [0.15, 0.2) is 0 Å². The molecule has 2 amide bonds. The number of rotatable bonds is 6. The minimum Gasteiger partial charge on any atom is -0.444 e. The van der Waals surface area contributed by atoms with Gasteiger partial charge in [-0.2, -0.15) is 0 Å². The molecule has 2 aromatic rings. The lowest BCUT2D eigenvalue weighted by molar-refractivity contribution is 0.0531. The molecule has 0 atom stereocenters. The van der Waals surface area contributed by atoms with E-state index < -0.39 is 11.7 Å². The predicted molar refractivity (Wildman–Crippen MR) is 121 cm³/mol. The number of carbonyl (C=O) groups is 2. The van der Waals surface area contributed by atoms with Gasteiger partial charge in [0.25, 0.3) is 5.91 Å². The molecule has 0 bridgehead atoms. The monoisotopic (exact) mass is 457 g/mol. The summed E-state index contributed by atoms with van der Waals surface area (Å²) in [5, 5.41) is 2.56. The fourth-order valence-electron chi connectivity index (χ4n) is 4.21. The molecule has 1 aromatic carbocycles. The van der Waals surface area contributed by atoms with Crippen LogP contribution in [0.5, 0.6) is 0 Å². The Bertz CT molecular complexity index is 1100. The first-order chi connectivity index (χ1) is 15.7. The zero-order chi connectivity index (χ0) is 23.8. The van der Waals surface area contributed by atoms with E-state index in [2.05, 4.69) is 5.32 Å². The molecule has 2 heterocycles. The molecule has 2 aliphatic rings. The molecular formula is C25H29F2N3O3. The normalized spacial score (nSPS) is 16.6. The number of nitrogens with zero attached hydrogens (tertiary/aromatic N) is 2. The molecule has 6 nitrogen and oxygen atoms in total. The van der Waals surface area contributed by atoms with Crippen molar-refractivity contribution in [2.75, 3.05) is 13.1 Å². The molecule has 0 unspecified atom stereocenters. The molecule has 176 valence electrons. The van der Waals surface area contributed by atoms with Crippen molar-refractivity contribution >= 4 is 12.0 Å². The molecule has 0 radical (unpaired) electrons. The van der Waals surface area contributed by atoms with Crippen LogP contribution in [0.25, 0.3) is 11.3 Å². The minimum absolute atomic E-state index is 0.0344. The van der Waals surface area contributed by atoms with Crippen LogP contribution in [0.1, 0.15) is 49.5 Å². The highest BCUT2D eigenvalue weighted by molar-refractivity contribution is 5.99. The number of fused-ring (bicyclic) bond motifs is 1.